The Morgan fingerprint density at radius 2 is 2.16 bits per heavy atom. The van der Waals surface area contributed by atoms with Crippen molar-refractivity contribution in [3.8, 4) is 0 Å². The Morgan fingerprint density at radius 3 is 2.68 bits per heavy atom. The summed E-state index contributed by atoms with van der Waals surface area (Å²) in [6, 6.07) is 3.18. The summed E-state index contributed by atoms with van der Waals surface area (Å²) >= 11 is 7.88. The molecule has 0 aliphatic rings. The van der Waals surface area contributed by atoms with Crippen LogP contribution in [0.1, 0.15) is 24.2 Å². The van der Waals surface area contributed by atoms with Crippen molar-refractivity contribution in [1.29, 1.82) is 0 Å². The average Bonchev–Trinajstić information content (AvgIpc) is 2.35. The number of ether oxygens (including phenoxy) is 1. The second-order valence-electron chi connectivity index (χ2n) is 4.73. The molecule has 6 heteroatoms. The van der Waals surface area contributed by atoms with Crippen LogP contribution in [0.25, 0.3) is 0 Å². The van der Waals surface area contributed by atoms with Crippen LogP contribution in [-0.2, 0) is 4.74 Å². The third-order valence-corrected chi connectivity index (χ3v) is 4.31. The summed E-state index contributed by atoms with van der Waals surface area (Å²) in [5, 5.41) is 3.62. The summed E-state index contributed by atoms with van der Waals surface area (Å²) in [5.41, 5.74) is 7.05. The first kappa shape index (κ1) is 16.0. The van der Waals surface area contributed by atoms with E-state index in [1.54, 1.807) is 23.9 Å². The van der Waals surface area contributed by atoms with Gasteiger partial charge in [0.05, 0.1) is 23.4 Å². The molecule has 0 heterocycles. The standard InChI is InChI=1S/C13H19ClN2O2S/c1-13(2,19-4)7-16-11-9(12(17)18-3)5-8(15)6-10(11)14/h5-6,16H,7,15H2,1-4H3. The molecule has 0 bridgehead atoms. The van der Waals surface area contributed by atoms with Gasteiger partial charge in [0.1, 0.15) is 0 Å². The van der Waals surface area contributed by atoms with E-state index in [2.05, 4.69) is 19.2 Å². The largest absolute Gasteiger partial charge is 0.465 e. The minimum atomic E-state index is -0.460. The zero-order chi connectivity index (χ0) is 14.6. The highest BCUT2D eigenvalue weighted by Gasteiger charge is 2.20. The highest BCUT2D eigenvalue weighted by Crippen LogP contribution is 2.31. The highest BCUT2D eigenvalue weighted by molar-refractivity contribution is 7.99. The zero-order valence-electron chi connectivity index (χ0n) is 11.5. The number of thioether (sulfide) groups is 1. The normalized spacial score (nSPS) is 11.2. The van der Waals surface area contributed by atoms with Crippen LogP contribution in [0, 0.1) is 0 Å². The molecule has 0 aliphatic carbocycles. The first-order valence-corrected chi connectivity index (χ1v) is 7.37. The molecule has 0 radical (unpaired) electrons. The Hall–Kier alpha value is -1.07. The van der Waals surface area contributed by atoms with Gasteiger partial charge in [-0.1, -0.05) is 11.6 Å². The molecule has 0 aliphatic heterocycles. The van der Waals surface area contributed by atoms with Gasteiger partial charge in [-0.2, -0.15) is 11.8 Å². The summed E-state index contributed by atoms with van der Waals surface area (Å²) in [7, 11) is 1.33. The number of halogens is 1. The van der Waals surface area contributed by atoms with Gasteiger partial charge in [-0.25, -0.2) is 4.79 Å². The Morgan fingerprint density at radius 1 is 1.53 bits per heavy atom. The minimum absolute atomic E-state index is 0.0259. The topological polar surface area (TPSA) is 64.3 Å². The monoisotopic (exact) mass is 302 g/mol. The summed E-state index contributed by atoms with van der Waals surface area (Å²) < 4.78 is 4.77. The second-order valence-corrected chi connectivity index (χ2v) is 6.65. The molecule has 1 rings (SSSR count). The molecule has 3 N–H and O–H groups in total. The van der Waals surface area contributed by atoms with Crippen molar-refractivity contribution in [3.63, 3.8) is 0 Å². The number of esters is 1. The van der Waals surface area contributed by atoms with Crippen LogP contribution in [0.2, 0.25) is 5.02 Å². The molecule has 0 saturated heterocycles. The fourth-order valence-electron chi connectivity index (χ4n) is 1.45. The maximum absolute atomic E-state index is 11.8. The number of nitrogens with one attached hydrogen (secondary N) is 1. The number of rotatable bonds is 5. The van der Waals surface area contributed by atoms with E-state index < -0.39 is 5.97 Å². The van der Waals surface area contributed by atoms with E-state index >= 15 is 0 Å². The molecule has 0 amide bonds. The average molecular weight is 303 g/mol. The lowest BCUT2D eigenvalue weighted by atomic mass is 10.1. The zero-order valence-corrected chi connectivity index (χ0v) is 13.1. The number of carbonyl (C=O) groups excluding carboxylic acids is 1. The summed E-state index contributed by atoms with van der Waals surface area (Å²) in [6.45, 7) is 4.88. The first-order chi connectivity index (χ1) is 8.80. The molecule has 0 atom stereocenters. The third-order valence-electron chi connectivity index (χ3n) is 2.76. The molecule has 4 nitrogen and oxygen atoms in total. The molecule has 0 unspecified atom stereocenters. The van der Waals surface area contributed by atoms with Crippen molar-refractivity contribution in [1.82, 2.24) is 0 Å². The number of benzene rings is 1. The van der Waals surface area contributed by atoms with Gasteiger partial charge >= 0.3 is 5.97 Å². The predicted octanol–water partition coefficient (Wildman–Crippen LogP) is 3.26. The number of anilines is 2. The van der Waals surface area contributed by atoms with E-state index in [1.807, 2.05) is 6.26 Å². The van der Waals surface area contributed by atoms with Crippen LogP contribution in [0.15, 0.2) is 12.1 Å². The lowest BCUT2D eigenvalue weighted by molar-refractivity contribution is 0.0602. The number of hydrogen-bond donors (Lipinski definition) is 2. The first-order valence-electron chi connectivity index (χ1n) is 5.77. The van der Waals surface area contributed by atoms with Gasteiger partial charge in [0.2, 0.25) is 0 Å². The Kier molecular flexibility index (Phi) is 5.38. The Balaban J connectivity index is 3.08. The van der Waals surface area contributed by atoms with Crippen LogP contribution >= 0.6 is 23.4 Å². The maximum atomic E-state index is 11.8. The van der Waals surface area contributed by atoms with E-state index in [4.69, 9.17) is 22.1 Å². The van der Waals surface area contributed by atoms with Crippen LogP contribution < -0.4 is 11.1 Å². The Labute approximate surface area is 123 Å². The molecule has 0 spiro atoms. The SMILES string of the molecule is COC(=O)c1cc(N)cc(Cl)c1NCC(C)(C)SC. The molecule has 1 aromatic carbocycles. The highest BCUT2D eigenvalue weighted by atomic mass is 35.5. The number of nitrogens with two attached hydrogens (primary N) is 1. The second kappa shape index (κ2) is 6.39. The smallest absolute Gasteiger partial charge is 0.340 e. The van der Waals surface area contributed by atoms with Crippen molar-refractivity contribution in [2.45, 2.75) is 18.6 Å². The van der Waals surface area contributed by atoms with Crippen LogP contribution in [0.4, 0.5) is 11.4 Å². The molecule has 1 aromatic rings. The van der Waals surface area contributed by atoms with Crippen LogP contribution in [0.3, 0.4) is 0 Å². The third kappa shape index (κ3) is 4.21. The van der Waals surface area contributed by atoms with E-state index in [0.717, 1.165) is 0 Å². The molecular formula is C13H19ClN2O2S. The van der Waals surface area contributed by atoms with Crippen molar-refractivity contribution in [3.05, 3.63) is 22.7 Å². The summed E-state index contributed by atoms with van der Waals surface area (Å²) in [5.74, 6) is -0.460. The van der Waals surface area contributed by atoms with Crippen LogP contribution in [0.5, 0.6) is 0 Å². The van der Waals surface area contributed by atoms with E-state index in [-0.39, 0.29) is 4.75 Å². The number of nitrogen functional groups attached to an aromatic ring is 1. The van der Waals surface area contributed by atoms with Crippen molar-refractivity contribution >= 4 is 40.7 Å². The van der Waals surface area contributed by atoms with Gasteiger partial charge in [-0.15, -0.1) is 0 Å². The molecular weight excluding hydrogens is 284 g/mol. The quantitative estimate of drug-likeness (QED) is 0.645. The number of hydrogen-bond acceptors (Lipinski definition) is 5. The van der Waals surface area contributed by atoms with Crippen molar-refractivity contribution in [2.24, 2.45) is 0 Å². The fraction of sp³-hybridized carbons (Fsp3) is 0.462. The summed E-state index contributed by atoms with van der Waals surface area (Å²) in [4.78, 5) is 11.8. The van der Waals surface area contributed by atoms with E-state index in [9.17, 15) is 4.79 Å². The van der Waals surface area contributed by atoms with Gasteiger partial charge in [-0.05, 0) is 32.2 Å². The van der Waals surface area contributed by atoms with Crippen LogP contribution in [-0.4, -0.2) is 30.6 Å². The fourth-order valence-corrected chi connectivity index (χ4v) is 1.96. The number of methoxy groups -OCH3 is 1. The molecule has 0 aromatic heterocycles. The van der Waals surface area contributed by atoms with E-state index in [0.29, 0.717) is 28.5 Å². The summed E-state index contributed by atoms with van der Waals surface area (Å²) in [6.07, 6.45) is 2.04. The van der Waals surface area contributed by atoms with Gasteiger partial charge in [0, 0.05) is 17.0 Å². The molecule has 0 saturated carbocycles. The lowest BCUT2D eigenvalue weighted by Gasteiger charge is -2.24. The number of carbonyl (C=O) groups is 1. The Bertz CT molecular complexity index is 478. The molecule has 106 valence electrons. The van der Waals surface area contributed by atoms with Gasteiger partial charge in [0.15, 0.2) is 0 Å². The molecule has 19 heavy (non-hydrogen) atoms. The van der Waals surface area contributed by atoms with Crippen molar-refractivity contribution < 1.29 is 9.53 Å². The minimum Gasteiger partial charge on any atom is -0.465 e. The van der Waals surface area contributed by atoms with Gasteiger partial charge < -0.3 is 15.8 Å². The van der Waals surface area contributed by atoms with E-state index in [1.165, 1.54) is 7.11 Å². The lowest BCUT2D eigenvalue weighted by Crippen LogP contribution is -2.26. The molecule has 0 fully saturated rings. The van der Waals surface area contributed by atoms with Gasteiger partial charge in [0.25, 0.3) is 0 Å². The maximum Gasteiger partial charge on any atom is 0.340 e. The van der Waals surface area contributed by atoms with Gasteiger partial charge in [-0.3, -0.25) is 0 Å². The predicted molar refractivity (Wildman–Crippen MR) is 83.3 cm³/mol. The van der Waals surface area contributed by atoms with Crippen molar-refractivity contribution in [2.75, 3.05) is 31.0 Å².